The fourth-order valence-corrected chi connectivity index (χ4v) is 5.38. The van der Waals surface area contributed by atoms with Crippen LogP contribution in [0.25, 0.3) is 0 Å². The van der Waals surface area contributed by atoms with Crippen LogP contribution in [-0.4, -0.2) is 38.2 Å². The number of pyridine rings is 1. The number of benzene rings is 2. The SMILES string of the molecule is CC(C)(O)c1cc(F)c2c(c1)C(=O)N(Cc1ccc(C#N)cn1)[C@@]2(O[C@H]1CC[C@@H](O)C1)c1ccc(Cl)cc1. The first-order valence-electron chi connectivity index (χ1n) is 12.4. The van der Waals surface area contributed by atoms with E-state index in [4.69, 9.17) is 21.6 Å². The molecule has 1 fully saturated rings. The first-order chi connectivity index (χ1) is 18.0. The van der Waals surface area contributed by atoms with Crippen LogP contribution in [-0.2, 0) is 22.6 Å². The molecule has 3 atom stereocenters. The number of hydrogen-bond donors (Lipinski definition) is 2. The highest BCUT2D eigenvalue weighted by molar-refractivity contribution is 6.30. The molecule has 2 aromatic carbocycles. The van der Waals surface area contributed by atoms with Gasteiger partial charge in [-0.3, -0.25) is 14.7 Å². The molecule has 1 aliphatic heterocycles. The Balaban J connectivity index is 1.75. The number of hydrogen-bond acceptors (Lipinski definition) is 6. The third-order valence-electron chi connectivity index (χ3n) is 7.19. The number of nitriles is 1. The van der Waals surface area contributed by atoms with Gasteiger partial charge >= 0.3 is 0 Å². The summed E-state index contributed by atoms with van der Waals surface area (Å²) in [6, 6.07) is 14.7. The second kappa shape index (κ2) is 9.75. The van der Waals surface area contributed by atoms with Crippen molar-refractivity contribution in [1.82, 2.24) is 9.88 Å². The Bertz CT molecular complexity index is 1420. The van der Waals surface area contributed by atoms with E-state index in [9.17, 15) is 15.0 Å². The van der Waals surface area contributed by atoms with Crippen molar-refractivity contribution < 1.29 is 24.1 Å². The van der Waals surface area contributed by atoms with Crippen LogP contribution in [0.2, 0.25) is 5.02 Å². The lowest BCUT2D eigenvalue weighted by molar-refractivity contribution is -0.149. The number of aliphatic hydroxyl groups is 2. The summed E-state index contributed by atoms with van der Waals surface area (Å²) in [6.45, 7) is 3.00. The number of aromatic nitrogens is 1. The van der Waals surface area contributed by atoms with Gasteiger partial charge in [-0.05, 0) is 75.1 Å². The number of carbonyl (C=O) groups excluding carboxylic acids is 1. The van der Waals surface area contributed by atoms with Crippen molar-refractivity contribution in [2.24, 2.45) is 0 Å². The third kappa shape index (κ3) is 4.56. The fraction of sp³-hybridized carbons (Fsp3) is 0.345. The molecule has 0 saturated heterocycles. The van der Waals surface area contributed by atoms with Gasteiger partial charge in [-0.15, -0.1) is 0 Å². The van der Waals surface area contributed by atoms with Crippen LogP contribution in [0, 0.1) is 17.1 Å². The van der Waals surface area contributed by atoms with Crippen molar-refractivity contribution in [2.75, 3.05) is 0 Å². The summed E-state index contributed by atoms with van der Waals surface area (Å²) in [5.41, 5.74) is -1.40. The lowest BCUT2D eigenvalue weighted by Crippen LogP contribution is -2.48. The summed E-state index contributed by atoms with van der Waals surface area (Å²) >= 11 is 6.19. The van der Waals surface area contributed by atoms with E-state index in [1.807, 2.05) is 6.07 Å². The number of aliphatic hydroxyl groups excluding tert-OH is 1. The molecule has 196 valence electrons. The molecule has 38 heavy (non-hydrogen) atoms. The lowest BCUT2D eigenvalue weighted by atomic mass is 9.88. The normalized spacial score (nSPS) is 23.0. The van der Waals surface area contributed by atoms with Crippen molar-refractivity contribution in [2.45, 2.75) is 63.2 Å². The van der Waals surface area contributed by atoms with Crippen LogP contribution in [0.15, 0.2) is 54.7 Å². The molecule has 3 aromatic rings. The standard InChI is InChI=1S/C29H27ClFN3O4/c1-28(2,37)19-11-24-26(25(31)12-19)29(18-4-6-20(30)7-5-18,38-23-10-9-22(35)13-23)34(27(24)36)16-21-8-3-17(14-32)15-33-21/h3-8,11-12,15,22-23,35,37H,9-10,13,16H2,1-2H3/t22-,23+,29-/m1/s1. The number of fused-ring (bicyclic) bond motifs is 1. The number of carbonyl (C=O) groups is 1. The van der Waals surface area contributed by atoms with Gasteiger partial charge in [0.05, 0.1) is 46.7 Å². The maximum Gasteiger partial charge on any atom is 0.257 e. The van der Waals surface area contributed by atoms with Gasteiger partial charge in [-0.2, -0.15) is 5.26 Å². The highest BCUT2D eigenvalue weighted by Crippen LogP contribution is 2.50. The van der Waals surface area contributed by atoms with Gasteiger partial charge in [-0.25, -0.2) is 4.39 Å². The van der Waals surface area contributed by atoms with Crippen molar-refractivity contribution in [1.29, 1.82) is 5.26 Å². The van der Waals surface area contributed by atoms with E-state index in [0.29, 0.717) is 41.1 Å². The second-order valence-corrected chi connectivity index (χ2v) is 10.8. The molecule has 9 heteroatoms. The number of rotatable bonds is 6. The predicted molar refractivity (Wildman–Crippen MR) is 137 cm³/mol. The van der Waals surface area contributed by atoms with Crippen molar-refractivity contribution in [3.63, 3.8) is 0 Å². The maximum atomic E-state index is 16.2. The Labute approximate surface area is 225 Å². The molecule has 2 aliphatic rings. The van der Waals surface area contributed by atoms with Gasteiger partial charge in [0.1, 0.15) is 11.9 Å². The van der Waals surface area contributed by atoms with Crippen molar-refractivity contribution >= 4 is 17.5 Å². The first-order valence-corrected chi connectivity index (χ1v) is 12.8. The van der Waals surface area contributed by atoms with Crippen LogP contribution in [0.1, 0.15) is 71.4 Å². The Morgan fingerprint density at radius 2 is 1.97 bits per heavy atom. The van der Waals surface area contributed by atoms with E-state index in [2.05, 4.69) is 4.98 Å². The summed E-state index contributed by atoms with van der Waals surface area (Å²) in [6.07, 6.45) is 1.80. The van der Waals surface area contributed by atoms with E-state index in [-0.39, 0.29) is 23.2 Å². The minimum absolute atomic E-state index is 0.0351. The number of nitrogens with zero attached hydrogens (tertiary/aromatic N) is 3. The summed E-state index contributed by atoms with van der Waals surface area (Å²) in [5, 5.41) is 30.5. The van der Waals surface area contributed by atoms with Gasteiger partial charge in [0.2, 0.25) is 5.72 Å². The van der Waals surface area contributed by atoms with E-state index < -0.39 is 35.3 Å². The van der Waals surface area contributed by atoms with Crippen molar-refractivity contribution in [3.05, 3.63) is 99.1 Å². The lowest BCUT2D eigenvalue weighted by Gasteiger charge is -2.41. The summed E-state index contributed by atoms with van der Waals surface area (Å²) < 4.78 is 22.9. The van der Waals surface area contributed by atoms with E-state index >= 15 is 4.39 Å². The Morgan fingerprint density at radius 3 is 2.55 bits per heavy atom. The van der Waals surface area contributed by atoms with Crippen LogP contribution in [0.4, 0.5) is 4.39 Å². The molecule has 1 aromatic heterocycles. The summed E-state index contributed by atoms with van der Waals surface area (Å²) in [5.74, 6) is -1.19. The Kier molecular flexibility index (Phi) is 6.74. The minimum atomic E-state index is -1.69. The number of ether oxygens (including phenoxy) is 1. The van der Waals surface area contributed by atoms with Gasteiger partial charge in [0.15, 0.2) is 0 Å². The molecule has 0 bridgehead atoms. The molecule has 7 nitrogen and oxygen atoms in total. The third-order valence-corrected chi connectivity index (χ3v) is 7.45. The van der Waals surface area contributed by atoms with Crippen LogP contribution < -0.4 is 0 Å². The van der Waals surface area contributed by atoms with E-state index in [1.165, 1.54) is 37.1 Å². The monoisotopic (exact) mass is 535 g/mol. The average molecular weight is 536 g/mol. The van der Waals surface area contributed by atoms with Crippen molar-refractivity contribution in [3.8, 4) is 6.07 Å². The fourth-order valence-electron chi connectivity index (χ4n) is 5.26. The zero-order valence-electron chi connectivity index (χ0n) is 21.0. The Hall–Kier alpha value is -3.35. The van der Waals surface area contributed by atoms with E-state index in [0.717, 1.165) is 0 Å². The van der Waals surface area contributed by atoms with Gasteiger partial charge < -0.3 is 14.9 Å². The van der Waals surface area contributed by atoms with Crippen LogP contribution in [0.3, 0.4) is 0 Å². The zero-order valence-corrected chi connectivity index (χ0v) is 21.7. The molecular formula is C29H27ClFN3O4. The summed E-state index contributed by atoms with van der Waals surface area (Å²) in [4.78, 5) is 19.9. The molecule has 2 heterocycles. The largest absolute Gasteiger partial charge is 0.393 e. The molecule has 1 amide bonds. The second-order valence-electron chi connectivity index (χ2n) is 10.3. The zero-order chi connectivity index (χ0) is 27.2. The minimum Gasteiger partial charge on any atom is -0.393 e. The molecule has 0 unspecified atom stereocenters. The van der Waals surface area contributed by atoms with E-state index in [1.54, 1.807) is 36.4 Å². The maximum absolute atomic E-state index is 16.2. The number of halogens is 2. The van der Waals surface area contributed by atoms with Crippen LogP contribution in [0.5, 0.6) is 0 Å². The molecule has 0 radical (unpaired) electrons. The molecule has 5 rings (SSSR count). The van der Waals surface area contributed by atoms with Gasteiger partial charge in [0.25, 0.3) is 5.91 Å². The molecule has 1 aliphatic carbocycles. The van der Waals surface area contributed by atoms with Gasteiger partial charge in [-0.1, -0.05) is 23.7 Å². The van der Waals surface area contributed by atoms with Gasteiger partial charge in [0, 0.05) is 16.8 Å². The molecule has 0 spiro atoms. The quantitative estimate of drug-likeness (QED) is 0.471. The Morgan fingerprint density at radius 1 is 1.24 bits per heavy atom. The molecule has 2 N–H and O–H groups in total. The smallest absolute Gasteiger partial charge is 0.257 e. The predicted octanol–water partition coefficient (Wildman–Crippen LogP) is 4.76. The first kappa shape index (κ1) is 26.3. The highest BCUT2D eigenvalue weighted by Gasteiger charge is 2.56. The number of amides is 1. The molecule has 1 saturated carbocycles. The average Bonchev–Trinajstić information content (AvgIpc) is 3.39. The highest BCUT2D eigenvalue weighted by atomic mass is 35.5. The topological polar surface area (TPSA) is 107 Å². The summed E-state index contributed by atoms with van der Waals surface area (Å²) in [7, 11) is 0. The van der Waals surface area contributed by atoms with Crippen LogP contribution >= 0.6 is 11.6 Å². The molecular weight excluding hydrogens is 509 g/mol.